The fourth-order valence-electron chi connectivity index (χ4n) is 3.85. The van der Waals surface area contributed by atoms with Gasteiger partial charge in [0.15, 0.2) is 0 Å². The summed E-state index contributed by atoms with van der Waals surface area (Å²) in [6.45, 7) is 4.56. The number of hydrogen-bond donors (Lipinski definition) is 0. The van der Waals surface area contributed by atoms with E-state index in [2.05, 4.69) is 6.07 Å². The summed E-state index contributed by atoms with van der Waals surface area (Å²) in [4.78, 5) is 42.6. The predicted octanol–water partition coefficient (Wildman–Crippen LogP) is 2.74. The van der Waals surface area contributed by atoms with Crippen LogP contribution in [0.2, 0.25) is 0 Å². The molecule has 6 nitrogen and oxygen atoms in total. The van der Waals surface area contributed by atoms with Gasteiger partial charge in [0, 0.05) is 18.8 Å². The van der Waals surface area contributed by atoms with Crippen molar-refractivity contribution in [2.45, 2.75) is 32.9 Å². The quantitative estimate of drug-likeness (QED) is 0.773. The number of carbonyl (C=O) groups excluding carboxylic acids is 3. The van der Waals surface area contributed by atoms with Gasteiger partial charge in [0.05, 0.1) is 0 Å². The molecule has 0 bridgehead atoms. The molecule has 2 aromatic carbocycles. The Labute approximate surface area is 164 Å². The van der Waals surface area contributed by atoms with Crippen molar-refractivity contribution in [1.82, 2.24) is 9.80 Å². The summed E-state index contributed by atoms with van der Waals surface area (Å²) < 4.78 is 0. The molecule has 2 heterocycles. The molecule has 0 aromatic heterocycles. The predicted molar refractivity (Wildman–Crippen MR) is 106 cm³/mol. The number of fused-ring (bicyclic) bond motifs is 1. The van der Waals surface area contributed by atoms with Crippen molar-refractivity contribution in [3.63, 3.8) is 0 Å². The summed E-state index contributed by atoms with van der Waals surface area (Å²) in [5.41, 5.74) is 4.11. The lowest BCUT2D eigenvalue weighted by Gasteiger charge is -2.30. The number of aryl methyl sites for hydroxylation is 1. The fraction of sp³-hybridized carbons (Fsp3) is 0.318. The average Bonchev–Trinajstić information content (AvgIpc) is 2.91. The minimum Gasteiger partial charge on any atom is -0.336 e. The van der Waals surface area contributed by atoms with Crippen molar-refractivity contribution in [2.24, 2.45) is 0 Å². The van der Waals surface area contributed by atoms with Crippen LogP contribution in [0.3, 0.4) is 0 Å². The Morgan fingerprint density at radius 3 is 2.43 bits per heavy atom. The third kappa shape index (κ3) is 3.15. The molecule has 1 fully saturated rings. The first-order valence-electron chi connectivity index (χ1n) is 9.51. The van der Waals surface area contributed by atoms with Crippen LogP contribution in [0.15, 0.2) is 48.5 Å². The molecular formula is C22H23N3O3. The standard InChI is InChI=1S/C22H23N3O3/c1-15-7-9-19(10-8-15)25-16(2)21(27)24(22(25)28)14-20(26)23-12-11-17-5-3-4-6-18(17)13-23/h3-10,16H,11-14H2,1-2H3. The molecule has 0 saturated carbocycles. The van der Waals surface area contributed by atoms with E-state index in [-0.39, 0.29) is 18.4 Å². The summed E-state index contributed by atoms with van der Waals surface area (Å²) in [5.74, 6) is -0.537. The van der Waals surface area contributed by atoms with Crippen LogP contribution in [0.4, 0.5) is 10.5 Å². The van der Waals surface area contributed by atoms with E-state index >= 15 is 0 Å². The van der Waals surface area contributed by atoms with Crippen molar-refractivity contribution in [1.29, 1.82) is 0 Å². The van der Waals surface area contributed by atoms with Crippen LogP contribution < -0.4 is 4.90 Å². The van der Waals surface area contributed by atoms with Crippen molar-refractivity contribution < 1.29 is 14.4 Å². The van der Waals surface area contributed by atoms with Crippen molar-refractivity contribution in [2.75, 3.05) is 18.0 Å². The Hall–Kier alpha value is -3.15. The number of anilines is 1. The number of urea groups is 1. The van der Waals surface area contributed by atoms with Gasteiger partial charge < -0.3 is 4.90 Å². The van der Waals surface area contributed by atoms with Crippen LogP contribution in [0.1, 0.15) is 23.6 Å². The lowest BCUT2D eigenvalue weighted by molar-refractivity contribution is -0.137. The first-order chi connectivity index (χ1) is 13.5. The number of nitrogens with zero attached hydrogens (tertiary/aromatic N) is 3. The molecule has 4 amide bonds. The molecule has 0 N–H and O–H groups in total. The smallest absolute Gasteiger partial charge is 0.332 e. The molecule has 1 atom stereocenters. The topological polar surface area (TPSA) is 60.9 Å². The normalized spacial score (nSPS) is 19.2. The zero-order chi connectivity index (χ0) is 19.8. The monoisotopic (exact) mass is 377 g/mol. The van der Waals surface area contributed by atoms with Crippen LogP contribution in [0.25, 0.3) is 0 Å². The molecule has 2 aliphatic rings. The number of imide groups is 1. The van der Waals surface area contributed by atoms with Gasteiger partial charge >= 0.3 is 6.03 Å². The lowest BCUT2D eigenvalue weighted by atomic mass is 10.00. The van der Waals surface area contributed by atoms with Gasteiger partial charge in [-0.15, -0.1) is 0 Å². The SMILES string of the molecule is Cc1ccc(N2C(=O)N(CC(=O)N3CCc4ccccc4C3)C(=O)C2C)cc1. The van der Waals surface area contributed by atoms with E-state index in [1.165, 1.54) is 10.5 Å². The first kappa shape index (κ1) is 18.2. The van der Waals surface area contributed by atoms with E-state index in [0.29, 0.717) is 18.8 Å². The van der Waals surface area contributed by atoms with E-state index in [4.69, 9.17) is 0 Å². The number of carbonyl (C=O) groups is 3. The van der Waals surface area contributed by atoms with Crippen molar-refractivity contribution in [3.05, 3.63) is 65.2 Å². The van der Waals surface area contributed by atoms with Crippen LogP contribution in [-0.4, -0.2) is 46.8 Å². The number of hydrogen-bond acceptors (Lipinski definition) is 3. The summed E-state index contributed by atoms with van der Waals surface area (Å²) in [5, 5.41) is 0. The van der Waals surface area contributed by atoms with Gasteiger partial charge in [-0.3, -0.25) is 19.4 Å². The average molecular weight is 377 g/mol. The van der Waals surface area contributed by atoms with Gasteiger partial charge in [-0.05, 0) is 43.5 Å². The Kier molecular flexibility index (Phi) is 4.63. The third-order valence-corrected chi connectivity index (χ3v) is 5.54. The maximum atomic E-state index is 12.9. The van der Waals surface area contributed by atoms with E-state index < -0.39 is 12.1 Å². The molecule has 0 spiro atoms. The van der Waals surface area contributed by atoms with Gasteiger partial charge in [-0.1, -0.05) is 42.0 Å². The Morgan fingerprint density at radius 1 is 1.04 bits per heavy atom. The second-order valence-electron chi connectivity index (χ2n) is 7.42. The highest BCUT2D eigenvalue weighted by Gasteiger charge is 2.44. The molecule has 4 rings (SSSR count). The zero-order valence-corrected chi connectivity index (χ0v) is 16.1. The summed E-state index contributed by atoms with van der Waals surface area (Å²) >= 11 is 0. The van der Waals surface area contributed by atoms with E-state index in [0.717, 1.165) is 22.4 Å². The highest BCUT2D eigenvalue weighted by molar-refractivity contribution is 6.15. The Bertz CT molecular complexity index is 938. The van der Waals surface area contributed by atoms with E-state index in [9.17, 15) is 14.4 Å². The molecule has 2 aromatic rings. The maximum Gasteiger partial charge on any atom is 0.332 e. The molecule has 28 heavy (non-hydrogen) atoms. The Morgan fingerprint density at radius 2 is 1.71 bits per heavy atom. The van der Waals surface area contributed by atoms with Gasteiger partial charge in [-0.25, -0.2) is 4.79 Å². The molecule has 0 aliphatic carbocycles. The fourth-order valence-corrected chi connectivity index (χ4v) is 3.85. The largest absolute Gasteiger partial charge is 0.336 e. The lowest BCUT2D eigenvalue weighted by Crippen LogP contribution is -2.45. The summed E-state index contributed by atoms with van der Waals surface area (Å²) in [7, 11) is 0. The first-order valence-corrected chi connectivity index (χ1v) is 9.51. The second kappa shape index (κ2) is 7.11. The van der Waals surface area contributed by atoms with Crippen LogP contribution in [0, 0.1) is 6.92 Å². The molecular weight excluding hydrogens is 354 g/mol. The highest BCUT2D eigenvalue weighted by atomic mass is 16.2. The second-order valence-corrected chi connectivity index (χ2v) is 7.42. The van der Waals surface area contributed by atoms with Crippen molar-refractivity contribution >= 4 is 23.5 Å². The zero-order valence-electron chi connectivity index (χ0n) is 16.1. The molecule has 0 radical (unpaired) electrons. The maximum absolute atomic E-state index is 12.9. The highest BCUT2D eigenvalue weighted by Crippen LogP contribution is 2.26. The number of benzene rings is 2. The minimum absolute atomic E-state index is 0.200. The minimum atomic E-state index is -0.620. The molecule has 144 valence electrons. The number of rotatable bonds is 3. The van der Waals surface area contributed by atoms with E-state index in [1.807, 2.05) is 49.4 Å². The molecule has 1 unspecified atom stereocenters. The number of amides is 4. The van der Waals surface area contributed by atoms with Crippen molar-refractivity contribution in [3.8, 4) is 0 Å². The van der Waals surface area contributed by atoms with Gasteiger partial charge in [0.1, 0.15) is 12.6 Å². The third-order valence-electron chi connectivity index (χ3n) is 5.54. The van der Waals surface area contributed by atoms with Crippen LogP contribution in [0.5, 0.6) is 0 Å². The summed E-state index contributed by atoms with van der Waals surface area (Å²) in [6.07, 6.45) is 0.787. The van der Waals surface area contributed by atoms with Crippen LogP contribution in [-0.2, 0) is 22.6 Å². The van der Waals surface area contributed by atoms with Gasteiger partial charge in [0.25, 0.3) is 5.91 Å². The Balaban J connectivity index is 1.49. The molecule has 6 heteroatoms. The molecule has 2 aliphatic heterocycles. The van der Waals surface area contributed by atoms with Gasteiger partial charge in [0.2, 0.25) is 5.91 Å². The van der Waals surface area contributed by atoms with Crippen LogP contribution >= 0.6 is 0 Å². The molecule has 1 saturated heterocycles. The van der Waals surface area contributed by atoms with Gasteiger partial charge in [-0.2, -0.15) is 0 Å². The summed E-state index contributed by atoms with van der Waals surface area (Å²) in [6, 6.07) is 14.4. The van der Waals surface area contributed by atoms with E-state index in [1.54, 1.807) is 11.8 Å².